The second-order valence-corrected chi connectivity index (χ2v) is 8.66. The normalized spacial score (nSPS) is 10.8. The maximum absolute atomic E-state index is 13.2. The molecule has 0 atom stereocenters. The molecule has 3 aromatic carbocycles. The number of ether oxygens (including phenoxy) is 1. The molecular formula is C24H22N2O2S2. The number of para-hydroxylation sites is 1. The first-order valence-corrected chi connectivity index (χ1v) is 11.6. The predicted molar refractivity (Wildman–Crippen MR) is 126 cm³/mol. The highest BCUT2D eigenvalue weighted by Gasteiger charge is 2.21. The molecule has 0 unspecified atom stereocenters. The SMILES string of the molecule is CCOc1cccc2sc(N(Cc3ccccc3)C(=O)CSc3ccccc3)nc12. The van der Waals surface area contributed by atoms with Crippen LogP contribution in [-0.2, 0) is 11.3 Å². The fourth-order valence-electron chi connectivity index (χ4n) is 3.07. The average Bonchev–Trinajstić information content (AvgIpc) is 3.22. The predicted octanol–water partition coefficient (Wildman–Crippen LogP) is 6.02. The van der Waals surface area contributed by atoms with Gasteiger partial charge in [-0.2, -0.15) is 0 Å². The van der Waals surface area contributed by atoms with E-state index in [1.54, 1.807) is 16.7 Å². The van der Waals surface area contributed by atoms with Gasteiger partial charge in [-0.15, -0.1) is 11.8 Å². The van der Waals surface area contributed by atoms with E-state index >= 15 is 0 Å². The van der Waals surface area contributed by atoms with E-state index in [1.165, 1.54) is 11.3 Å². The van der Waals surface area contributed by atoms with Crippen molar-refractivity contribution < 1.29 is 9.53 Å². The molecular weight excluding hydrogens is 412 g/mol. The Labute approximate surface area is 184 Å². The molecule has 0 radical (unpaired) electrons. The molecule has 4 rings (SSSR count). The van der Waals surface area contributed by atoms with Crippen molar-refractivity contribution in [2.45, 2.75) is 18.4 Å². The van der Waals surface area contributed by atoms with E-state index < -0.39 is 0 Å². The zero-order valence-electron chi connectivity index (χ0n) is 16.7. The van der Waals surface area contributed by atoms with Gasteiger partial charge >= 0.3 is 0 Å². The molecule has 0 aliphatic rings. The molecule has 4 nitrogen and oxygen atoms in total. The molecule has 6 heteroatoms. The van der Waals surface area contributed by atoms with E-state index in [9.17, 15) is 4.79 Å². The lowest BCUT2D eigenvalue weighted by atomic mass is 10.2. The average molecular weight is 435 g/mol. The Kier molecular flexibility index (Phi) is 6.67. The summed E-state index contributed by atoms with van der Waals surface area (Å²) in [7, 11) is 0. The number of fused-ring (bicyclic) bond motifs is 1. The van der Waals surface area contributed by atoms with Gasteiger partial charge in [0.15, 0.2) is 5.13 Å². The van der Waals surface area contributed by atoms with Gasteiger partial charge in [0.25, 0.3) is 0 Å². The van der Waals surface area contributed by atoms with Crippen molar-refractivity contribution in [3.05, 3.63) is 84.4 Å². The third-order valence-electron chi connectivity index (χ3n) is 4.49. The summed E-state index contributed by atoms with van der Waals surface area (Å²) in [5.74, 6) is 1.14. The summed E-state index contributed by atoms with van der Waals surface area (Å²) in [4.78, 5) is 20.9. The molecule has 0 bridgehead atoms. The third-order valence-corrected chi connectivity index (χ3v) is 6.53. The number of amides is 1. The number of thioether (sulfide) groups is 1. The lowest BCUT2D eigenvalue weighted by Crippen LogP contribution is -2.31. The van der Waals surface area contributed by atoms with Crippen LogP contribution in [0, 0.1) is 0 Å². The van der Waals surface area contributed by atoms with Crippen molar-refractivity contribution in [3.8, 4) is 5.75 Å². The van der Waals surface area contributed by atoms with Crippen molar-refractivity contribution in [2.24, 2.45) is 0 Å². The largest absolute Gasteiger partial charge is 0.492 e. The molecule has 0 spiro atoms. The number of hydrogen-bond donors (Lipinski definition) is 0. The maximum atomic E-state index is 13.2. The Morgan fingerprint density at radius 3 is 2.47 bits per heavy atom. The summed E-state index contributed by atoms with van der Waals surface area (Å²) >= 11 is 3.06. The molecule has 0 saturated carbocycles. The first kappa shape index (κ1) is 20.4. The van der Waals surface area contributed by atoms with Gasteiger partial charge < -0.3 is 4.74 Å². The fraction of sp³-hybridized carbons (Fsp3) is 0.167. The molecule has 0 aliphatic carbocycles. The lowest BCUT2D eigenvalue weighted by Gasteiger charge is -2.20. The van der Waals surface area contributed by atoms with Gasteiger partial charge in [-0.1, -0.05) is 65.9 Å². The van der Waals surface area contributed by atoms with Crippen LogP contribution in [0.2, 0.25) is 0 Å². The van der Waals surface area contributed by atoms with Gasteiger partial charge in [-0.05, 0) is 36.8 Å². The first-order chi connectivity index (χ1) is 14.7. The lowest BCUT2D eigenvalue weighted by molar-refractivity contribution is -0.116. The van der Waals surface area contributed by atoms with Crippen molar-refractivity contribution in [2.75, 3.05) is 17.3 Å². The molecule has 30 heavy (non-hydrogen) atoms. The van der Waals surface area contributed by atoms with E-state index in [2.05, 4.69) is 0 Å². The number of carbonyl (C=O) groups excluding carboxylic acids is 1. The van der Waals surface area contributed by atoms with Gasteiger partial charge in [0.2, 0.25) is 5.91 Å². The summed E-state index contributed by atoms with van der Waals surface area (Å²) in [6, 6.07) is 25.9. The van der Waals surface area contributed by atoms with E-state index in [0.717, 1.165) is 26.4 Å². The van der Waals surface area contributed by atoms with Crippen LogP contribution < -0.4 is 9.64 Å². The molecule has 0 N–H and O–H groups in total. The van der Waals surface area contributed by atoms with Crippen LogP contribution in [0.4, 0.5) is 5.13 Å². The first-order valence-electron chi connectivity index (χ1n) is 9.79. The molecule has 1 amide bonds. The Hall–Kier alpha value is -2.83. The summed E-state index contributed by atoms with van der Waals surface area (Å²) < 4.78 is 6.74. The van der Waals surface area contributed by atoms with Crippen molar-refractivity contribution in [1.29, 1.82) is 0 Å². The van der Waals surface area contributed by atoms with Crippen LogP contribution >= 0.6 is 23.1 Å². The second-order valence-electron chi connectivity index (χ2n) is 6.60. The molecule has 1 aromatic heterocycles. The number of rotatable bonds is 8. The number of hydrogen-bond acceptors (Lipinski definition) is 5. The minimum Gasteiger partial charge on any atom is -0.492 e. The Morgan fingerprint density at radius 2 is 1.73 bits per heavy atom. The van der Waals surface area contributed by atoms with Crippen molar-refractivity contribution in [3.63, 3.8) is 0 Å². The highest BCUT2D eigenvalue weighted by atomic mass is 32.2. The Balaban J connectivity index is 1.63. The fourth-order valence-corrected chi connectivity index (χ4v) is 4.86. The van der Waals surface area contributed by atoms with Crippen LogP contribution in [0.25, 0.3) is 10.2 Å². The monoisotopic (exact) mass is 434 g/mol. The van der Waals surface area contributed by atoms with Crippen LogP contribution in [0.5, 0.6) is 5.75 Å². The van der Waals surface area contributed by atoms with E-state index in [4.69, 9.17) is 9.72 Å². The zero-order chi connectivity index (χ0) is 20.8. The van der Waals surface area contributed by atoms with E-state index in [0.29, 0.717) is 24.0 Å². The van der Waals surface area contributed by atoms with Gasteiger partial charge in [-0.3, -0.25) is 9.69 Å². The highest BCUT2D eigenvalue weighted by molar-refractivity contribution is 8.00. The second kappa shape index (κ2) is 9.78. The van der Waals surface area contributed by atoms with Gasteiger partial charge in [0.05, 0.1) is 23.6 Å². The Morgan fingerprint density at radius 1 is 1.00 bits per heavy atom. The molecule has 152 valence electrons. The number of thiazole rings is 1. The van der Waals surface area contributed by atoms with Crippen LogP contribution in [0.15, 0.2) is 83.8 Å². The van der Waals surface area contributed by atoms with Gasteiger partial charge in [-0.25, -0.2) is 4.98 Å². The van der Waals surface area contributed by atoms with Crippen LogP contribution in [-0.4, -0.2) is 23.3 Å². The summed E-state index contributed by atoms with van der Waals surface area (Å²) in [6.07, 6.45) is 0. The summed E-state index contributed by atoms with van der Waals surface area (Å²) in [5.41, 5.74) is 1.88. The molecule has 0 aliphatic heterocycles. The number of anilines is 1. The minimum atomic E-state index is 0.0322. The highest BCUT2D eigenvalue weighted by Crippen LogP contribution is 2.35. The number of aromatic nitrogens is 1. The number of benzene rings is 3. The topological polar surface area (TPSA) is 42.4 Å². The Bertz CT molecular complexity index is 1110. The van der Waals surface area contributed by atoms with Crippen molar-refractivity contribution >= 4 is 44.4 Å². The van der Waals surface area contributed by atoms with Gasteiger partial charge in [0.1, 0.15) is 11.3 Å². The minimum absolute atomic E-state index is 0.0322. The molecule has 1 heterocycles. The van der Waals surface area contributed by atoms with Gasteiger partial charge in [0, 0.05) is 4.90 Å². The van der Waals surface area contributed by atoms with E-state index in [-0.39, 0.29) is 5.91 Å². The quantitative estimate of drug-likeness (QED) is 0.318. The maximum Gasteiger partial charge on any atom is 0.239 e. The smallest absolute Gasteiger partial charge is 0.239 e. The summed E-state index contributed by atoms with van der Waals surface area (Å²) in [5, 5.41) is 0.694. The number of nitrogens with zero attached hydrogens (tertiary/aromatic N) is 2. The molecule has 0 saturated heterocycles. The van der Waals surface area contributed by atoms with Crippen LogP contribution in [0.1, 0.15) is 12.5 Å². The number of carbonyl (C=O) groups is 1. The summed E-state index contributed by atoms with van der Waals surface area (Å²) in [6.45, 7) is 3.02. The van der Waals surface area contributed by atoms with E-state index in [1.807, 2.05) is 85.8 Å². The zero-order valence-corrected chi connectivity index (χ0v) is 18.3. The molecule has 0 fully saturated rings. The third kappa shape index (κ3) is 4.83. The van der Waals surface area contributed by atoms with Crippen molar-refractivity contribution in [1.82, 2.24) is 4.98 Å². The standard InChI is InChI=1S/C24H22N2O2S2/c1-2-28-20-14-9-15-21-23(20)25-24(30-21)26(16-18-10-5-3-6-11-18)22(27)17-29-19-12-7-4-8-13-19/h3-15H,2,16-17H2,1H3. The van der Waals surface area contributed by atoms with Crippen LogP contribution in [0.3, 0.4) is 0 Å². The molecule has 4 aromatic rings.